The lowest BCUT2D eigenvalue weighted by atomic mass is 10.1. The summed E-state index contributed by atoms with van der Waals surface area (Å²) in [7, 11) is -1.58. The predicted molar refractivity (Wildman–Crippen MR) is 130 cm³/mol. The predicted octanol–water partition coefficient (Wildman–Crippen LogP) is 3.48. The molecule has 0 radical (unpaired) electrons. The first kappa shape index (κ1) is 22.5. The number of rotatable bonds is 7. The Balaban J connectivity index is 0.00000216. The smallest absolute Gasteiger partial charge is 0.270 e. The zero-order chi connectivity index (χ0) is 23.6. The molecule has 0 unspecified atom stereocenters. The van der Waals surface area contributed by atoms with Gasteiger partial charge in [0.1, 0.15) is 0 Å². The second-order valence-electron chi connectivity index (χ2n) is 7.61. The van der Waals surface area contributed by atoms with Crippen molar-refractivity contribution in [2.75, 3.05) is 12.8 Å². The average Bonchev–Trinajstić information content (AvgIpc) is 3.30. The van der Waals surface area contributed by atoms with Crippen LogP contribution in [0.25, 0.3) is 34.3 Å². The van der Waals surface area contributed by atoms with Gasteiger partial charge in [0, 0.05) is 28.1 Å². The molecule has 0 saturated carbocycles. The van der Waals surface area contributed by atoms with Crippen molar-refractivity contribution >= 4 is 15.7 Å². The van der Waals surface area contributed by atoms with Crippen LogP contribution in [-0.2, 0) is 16.4 Å². The summed E-state index contributed by atoms with van der Waals surface area (Å²) in [5.41, 5.74) is 9.16. The van der Waals surface area contributed by atoms with Crippen LogP contribution in [0, 0.1) is 0 Å². The molecule has 3 N–H and O–H groups in total. The molecule has 11 heteroatoms. The number of aromatic nitrogens is 5. The van der Waals surface area contributed by atoms with Gasteiger partial charge in [0.2, 0.25) is 5.89 Å². The third-order valence-electron chi connectivity index (χ3n) is 4.95. The van der Waals surface area contributed by atoms with Crippen LogP contribution < -0.4 is 11.1 Å². The highest BCUT2D eigenvalue weighted by atomic mass is 32.2. The fourth-order valence-corrected chi connectivity index (χ4v) is 3.98. The summed E-state index contributed by atoms with van der Waals surface area (Å²) in [6.45, 7) is 3.98. The number of nitrogen functional groups attached to an aromatic ring is 1. The fraction of sp³-hybridized carbons (Fsp3) is 0.227. The van der Waals surface area contributed by atoms with Crippen molar-refractivity contribution in [1.29, 1.82) is 0 Å². The number of sulfone groups is 1. The molecule has 3 heterocycles. The highest BCUT2D eigenvalue weighted by molar-refractivity contribution is 7.91. The molecule has 176 valence electrons. The molecule has 0 fully saturated rings. The molecule has 0 aliphatic heterocycles. The van der Waals surface area contributed by atoms with Crippen molar-refractivity contribution in [1.82, 2.24) is 30.5 Å². The van der Waals surface area contributed by atoms with E-state index in [9.17, 15) is 8.42 Å². The van der Waals surface area contributed by atoms with E-state index >= 15 is 0 Å². The van der Waals surface area contributed by atoms with E-state index in [4.69, 9.17) is 10.2 Å². The molecule has 3 aromatic heterocycles. The second kappa shape index (κ2) is 9.04. The van der Waals surface area contributed by atoms with Gasteiger partial charge >= 0.3 is 0 Å². The summed E-state index contributed by atoms with van der Waals surface area (Å²) in [5, 5.41) is 10.7. The maximum atomic E-state index is 12.3. The van der Waals surface area contributed by atoms with Gasteiger partial charge < -0.3 is 15.5 Å². The monoisotopic (exact) mass is 471 g/mol. The molecule has 0 amide bonds. The number of hydrogen-bond acceptors (Lipinski definition) is 10. The van der Waals surface area contributed by atoms with Gasteiger partial charge in [-0.25, -0.2) is 23.4 Å². The summed E-state index contributed by atoms with van der Waals surface area (Å²) in [4.78, 5) is 12.8. The second-order valence-corrected chi connectivity index (χ2v) is 10.1. The maximum absolute atomic E-state index is 12.3. The number of pyridine rings is 1. The van der Waals surface area contributed by atoms with Crippen molar-refractivity contribution in [2.24, 2.45) is 0 Å². The van der Waals surface area contributed by atoms with E-state index < -0.39 is 15.1 Å². The van der Waals surface area contributed by atoms with E-state index in [1.54, 1.807) is 19.9 Å². The van der Waals surface area contributed by atoms with Crippen molar-refractivity contribution < 1.29 is 17.1 Å². The van der Waals surface area contributed by atoms with E-state index in [1.165, 1.54) is 18.5 Å². The fourth-order valence-electron chi connectivity index (χ4n) is 3.04. The maximum Gasteiger partial charge on any atom is 0.270 e. The Morgan fingerprint density at radius 2 is 1.70 bits per heavy atom. The molecular weight excluding hydrogens is 442 g/mol. The molecule has 0 saturated heterocycles. The topological polar surface area (TPSA) is 150 Å². The lowest BCUT2D eigenvalue weighted by molar-refractivity contribution is 0.582. The first-order valence-corrected chi connectivity index (χ1v) is 11.7. The van der Waals surface area contributed by atoms with Crippen LogP contribution in [0.1, 0.15) is 23.7 Å². The lowest BCUT2D eigenvalue weighted by Gasteiger charge is -2.08. The van der Waals surface area contributed by atoms with Gasteiger partial charge in [0.05, 0.1) is 17.1 Å². The van der Waals surface area contributed by atoms with Gasteiger partial charge in [0.15, 0.2) is 26.4 Å². The van der Waals surface area contributed by atoms with Crippen LogP contribution in [0.15, 0.2) is 58.2 Å². The zero-order valence-corrected chi connectivity index (χ0v) is 19.2. The largest absolute Gasteiger partial charge is 0.414 e. The normalized spacial score (nSPS) is 11.8. The van der Waals surface area contributed by atoms with Crippen molar-refractivity contribution in [3.8, 4) is 34.3 Å². The Morgan fingerprint density at radius 3 is 2.33 bits per heavy atom. The van der Waals surface area contributed by atoms with E-state index in [-0.39, 0.29) is 26.7 Å². The van der Waals surface area contributed by atoms with Gasteiger partial charge in [0.25, 0.3) is 5.89 Å². The third-order valence-corrected chi connectivity index (χ3v) is 7.02. The lowest BCUT2D eigenvalue weighted by Crippen LogP contribution is -2.15. The summed E-state index contributed by atoms with van der Waals surface area (Å²) >= 11 is 0. The van der Waals surface area contributed by atoms with Crippen LogP contribution in [0.3, 0.4) is 0 Å². The molecule has 1 aromatic carbocycles. The highest BCUT2D eigenvalue weighted by Gasteiger charge is 2.21. The summed E-state index contributed by atoms with van der Waals surface area (Å²) < 4.78 is 30.4. The SMILES string of the molecule is CNCc1ccc(-c2nnc(-c3nc(-c4ccc(S(=O)(=O)C(C)C)nc4)cnc3N)o2)cc1.[HH].[HH].[HH]. The highest BCUT2D eigenvalue weighted by Crippen LogP contribution is 2.28. The van der Waals surface area contributed by atoms with E-state index in [1.807, 2.05) is 31.3 Å². The summed E-state index contributed by atoms with van der Waals surface area (Å²) in [6, 6.07) is 10.8. The van der Waals surface area contributed by atoms with Gasteiger partial charge in [-0.1, -0.05) is 12.1 Å². The minimum absolute atomic E-state index is 0. The van der Waals surface area contributed by atoms with Crippen LogP contribution >= 0.6 is 0 Å². The molecule has 0 atom stereocenters. The Morgan fingerprint density at radius 1 is 1.00 bits per heavy atom. The molecular formula is C22H29N7O3S. The van der Waals surface area contributed by atoms with Gasteiger partial charge in [-0.3, -0.25) is 0 Å². The molecule has 4 aromatic rings. The third kappa shape index (κ3) is 4.59. The number of nitrogens with one attached hydrogen (secondary N) is 1. The van der Waals surface area contributed by atoms with Crippen molar-refractivity contribution in [3.63, 3.8) is 0 Å². The van der Waals surface area contributed by atoms with Gasteiger partial charge in [-0.15, -0.1) is 10.2 Å². The molecule has 0 aliphatic rings. The number of hydrogen-bond donors (Lipinski definition) is 2. The Hall–Kier alpha value is -3.70. The van der Waals surface area contributed by atoms with E-state index in [0.717, 1.165) is 17.7 Å². The standard InChI is InChI=1S/C22H23N7O3S.3H2/c1-13(2)33(30,31)18-9-8-16(11-25-18)17-12-26-20(23)19(27-17)22-29-28-21(32-22)15-6-4-14(5-7-15)10-24-3;;;/h4-9,11-13,24H,10H2,1-3H3,(H2,23,26);3*1H. The Bertz CT molecular complexity index is 1380. The quantitative estimate of drug-likeness (QED) is 0.410. The molecule has 33 heavy (non-hydrogen) atoms. The van der Waals surface area contributed by atoms with E-state index in [2.05, 4.69) is 30.5 Å². The minimum atomic E-state index is -3.47. The number of nitrogens with zero attached hydrogens (tertiary/aromatic N) is 5. The number of anilines is 1. The molecule has 0 aliphatic carbocycles. The van der Waals surface area contributed by atoms with Gasteiger partial charge in [-0.05, 0) is 50.7 Å². The van der Waals surface area contributed by atoms with E-state index in [0.29, 0.717) is 17.1 Å². The van der Waals surface area contributed by atoms with Crippen LogP contribution in [-0.4, -0.2) is 45.9 Å². The summed E-state index contributed by atoms with van der Waals surface area (Å²) in [6.07, 6.45) is 2.91. The molecule has 10 nitrogen and oxygen atoms in total. The first-order chi connectivity index (χ1) is 15.8. The van der Waals surface area contributed by atoms with Crippen LogP contribution in [0.4, 0.5) is 5.82 Å². The Labute approximate surface area is 195 Å². The molecule has 0 spiro atoms. The first-order valence-electron chi connectivity index (χ1n) is 10.2. The van der Waals surface area contributed by atoms with Gasteiger partial charge in [-0.2, -0.15) is 0 Å². The van der Waals surface area contributed by atoms with Crippen LogP contribution in [0.5, 0.6) is 0 Å². The number of nitrogens with two attached hydrogens (primary N) is 1. The summed E-state index contributed by atoms with van der Waals surface area (Å²) in [5.74, 6) is 0.589. The molecule has 4 rings (SSSR count). The average molecular weight is 472 g/mol. The zero-order valence-electron chi connectivity index (χ0n) is 18.3. The van der Waals surface area contributed by atoms with Crippen molar-refractivity contribution in [3.05, 3.63) is 54.4 Å². The Kier molecular flexibility index (Phi) is 6.16. The van der Waals surface area contributed by atoms with Crippen molar-refractivity contribution in [2.45, 2.75) is 30.7 Å². The minimum Gasteiger partial charge on any atom is -0.414 e. The number of benzene rings is 1. The van der Waals surface area contributed by atoms with Crippen LogP contribution in [0.2, 0.25) is 0 Å². The molecule has 0 bridgehead atoms.